The number of hydrogen-bond donors (Lipinski definition) is 1. The summed E-state index contributed by atoms with van der Waals surface area (Å²) in [6.45, 7) is 3.30. The van der Waals surface area contributed by atoms with Crippen LogP contribution in [0.3, 0.4) is 0 Å². The van der Waals surface area contributed by atoms with Crippen LogP contribution in [-0.2, 0) is 29.1 Å². The maximum Gasteiger partial charge on any atom is 0.267 e. The van der Waals surface area contributed by atoms with E-state index in [0.29, 0.717) is 24.5 Å². The Labute approximate surface area is 163 Å². The Balaban J connectivity index is 1.35. The van der Waals surface area contributed by atoms with Crippen LogP contribution in [0.25, 0.3) is 0 Å². The predicted octanol–water partition coefficient (Wildman–Crippen LogP) is 1.82. The number of aromatic nitrogens is 3. The van der Waals surface area contributed by atoms with Crippen molar-refractivity contribution in [2.75, 3.05) is 11.4 Å². The Morgan fingerprint density at radius 2 is 2.11 bits per heavy atom. The zero-order chi connectivity index (χ0) is 19.5. The Morgan fingerprint density at radius 1 is 1.25 bits per heavy atom. The standard InChI is InChI=1S/C20H25N5O3/c1-14-20(27)24(15-7-4-5-8-16(15)28-14)12-10-19(26)21-13-18-23-22-17-9-3-2-6-11-25(17)18/h4-5,7-8,14H,2-3,6,9-13H2,1H3,(H,21,26)/t14-/m0/s1. The van der Waals surface area contributed by atoms with Crippen LogP contribution in [0.5, 0.6) is 5.75 Å². The smallest absolute Gasteiger partial charge is 0.267 e. The fraction of sp³-hybridized carbons (Fsp3) is 0.500. The first-order valence-corrected chi connectivity index (χ1v) is 9.88. The Bertz CT molecular complexity index is 878. The third-order valence-electron chi connectivity index (χ3n) is 5.27. The number of anilines is 1. The van der Waals surface area contributed by atoms with Crippen LogP contribution in [0, 0.1) is 0 Å². The van der Waals surface area contributed by atoms with Crippen LogP contribution >= 0.6 is 0 Å². The van der Waals surface area contributed by atoms with E-state index in [0.717, 1.165) is 37.5 Å². The monoisotopic (exact) mass is 383 g/mol. The van der Waals surface area contributed by atoms with Gasteiger partial charge in [0, 0.05) is 25.9 Å². The molecule has 2 aliphatic rings. The lowest BCUT2D eigenvalue weighted by molar-refractivity contribution is -0.125. The van der Waals surface area contributed by atoms with Crippen LogP contribution in [0.1, 0.15) is 44.3 Å². The number of ether oxygens (including phenoxy) is 1. The van der Waals surface area contributed by atoms with Gasteiger partial charge in [0.2, 0.25) is 5.91 Å². The van der Waals surface area contributed by atoms with Crippen LogP contribution in [0.4, 0.5) is 5.69 Å². The zero-order valence-corrected chi connectivity index (χ0v) is 16.1. The first-order chi connectivity index (χ1) is 13.6. The first-order valence-electron chi connectivity index (χ1n) is 9.88. The molecule has 1 atom stereocenters. The molecule has 0 spiro atoms. The zero-order valence-electron chi connectivity index (χ0n) is 16.1. The molecule has 0 saturated heterocycles. The van der Waals surface area contributed by atoms with Gasteiger partial charge in [0.25, 0.3) is 5.91 Å². The average Bonchev–Trinajstić information content (AvgIpc) is 2.92. The molecule has 0 saturated carbocycles. The van der Waals surface area contributed by atoms with Crippen LogP contribution in [0.15, 0.2) is 24.3 Å². The molecule has 1 N–H and O–H groups in total. The van der Waals surface area contributed by atoms with Crippen LogP contribution in [-0.4, -0.2) is 39.2 Å². The summed E-state index contributed by atoms with van der Waals surface area (Å²) >= 11 is 0. The molecule has 148 valence electrons. The number of aryl methyl sites for hydroxylation is 1. The van der Waals surface area contributed by atoms with Crippen molar-refractivity contribution in [1.29, 1.82) is 0 Å². The van der Waals surface area contributed by atoms with Crippen molar-refractivity contribution in [3.05, 3.63) is 35.9 Å². The van der Waals surface area contributed by atoms with Crippen molar-refractivity contribution in [2.45, 2.75) is 58.2 Å². The molecule has 28 heavy (non-hydrogen) atoms. The number of fused-ring (bicyclic) bond motifs is 2. The molecule has 0 bridgehead atoms. The van der Waals surface area contributed by atoms with E-state index in [2.05, 4.69) is 20.1 Å². The minimum absolute atomic E-state index is 0.115. The molecule has 2 aliphatic heterocycles. The summed E-state index contributed by atoms with van der Waals surface area (Å²) in [4.78, 5) is 26.5. The maximum absolute atomic E-state index is 12.5. The van der Waals surface area contributed by atoms with Gasteiger partial charge in [0.15, 0.2) is 11.9 Å². The van der Waals surface area contributed by atoms with Gasteiger partial charge in [-0.3, -0.25) is 9.59 Å². The lowest BCUT2D eigenvalue weighted by Gasteiger charge is -2.32. The molecule has 0 aliphatic carbocycles. The number of para-hydroxylation sites is 2. The van der Waals surface area contributed by atoms with E-state index in [4.69, 9.17) is 4.74 Å². The molecule has 2 amide bonds. The van der Waals surface area contributed by atoms with E-state index < -0.39 is 6.10 Å². The van der Waals surface area contributed by atoms with E-state index in [9.17, 15) is 9.59 Å². The van der Waals surface area contributed by atoms with E-state index in [1.807, 2.05) is 24.3 Å². The van der Waals surface area contributed by atoms with Crippen molar-refractivity contribution in [3.8, 4) is 5.75 Å². The van der Waals surface area contributed by atoms with Gasteiger partial charge in [-0.2, -0.15) is 0 Å². The second-order valence-corrected chi connectivity index (χ2v) is 7.24. The Hall–Kier alpha value is -2.90. The van der Waals surface area contributed by atoms with Gasteiger partial charge in [0.05, 0.1) is 12.2 Å². The number of benzene rings is 1. The summed E-state index contributed by atoms with van der Waals surface area (Å²) < 4.78 is 7.75. The largest absolute Gasteiger partial charge is 0.479 e. The van der Waals surface area contributed by atoms with Crippen molar-refractivity contribution in [3.63, 3.8) is 0 Å². The fourth-order valence-corrected chi connectivity index (χ4v) is 3.74. The molecule has 0 unspecified atom stereocenters. The second kappa shape index (κ2) is 8.00. The molecule has 1 aromatic heterocycles. The lowest BCUT2D eigenvalue weighted by atomic mass is 10.1. The van der Waals surface area contributed by atoms with Gasteiger partial charge in [-0.25, -0.2) is 0 Å². The van der Waals surface area contributed by atoms with Gasteiger partial charge in [-0.15, -0.1) is 10.2 Å². The van der Waals surface area contributed by atoms with Gasteiger partial charge in [-0.1, -0.05) is 18.6 Å². The summed E-state index contributed by atoms with van der Waals surface area (Å²) in [5.41, 5.74) is 0.709. The molecule has 1 aromatic carbocycles. The normalized spacial score (nSPS) is 18.7. The number of nitrogens with zero attached hydrogens (tertiary/aromatic N) is 4. The molecule has 4 rings (SSSR count). The van der Waals surface area contributed by atoms with E-state index in [1.165, 1.54) is 6.42 Å². The van der Waals surface area contributed by atoms with Crippen LogP contribution < -0.4 is 15.0 Å². The number of carbonyl (C=O) groups excluding carboxylic acids is 2. The highest BCUT2D eigenvalue weighted by Crippen LogP contribution is 2.33. The van der Waals surface area contributed by atoms with E-state index >= 15 is 0 Å². The molecule has 8 heteroatoms. The van der Waals surface area contributed by atoms with Gasteiger partial charge in [-0.05, 0) is 31.9 Å². The predicted molar refractivity (Wildman–Crippen MR) is 103 cm³/mol. The maximum atomic E-state index is 12.5. The number of carbonyl (C=O) groups is 2. The van der Waals surface area contributed by atoms with Gasteiger partial charge in [0.1, 0.15) is 11.6 Å². The number of nitrogens with one attached hydrogen (secondary N) is 1. The minimum atomic E-state index is -0.551. The Morgan fingerprint density at radius 3 is 3.00 bits per heavy atom. The highest BCUT2D eigenvalue weighted by Gasteiger charge is 2.31. The molecule has 3 heterocycles. The summed E-state index contributed by atoms with van der Waals surface area (Å²) in [5.74, 6) is 2.23. The highest BCUT2D eigenvalue weighted by molar-refractivity contribution is 6.00. The summed E-state index contributed by atoms with van der Waals surface area (Å²) in [7, 11) is 0. The van der Waals surface area contributed by atoms with Crippen molar-refractivity contribution >= 4 is 17.5 Å². The molecule has 0 fully saturated rings. The second-order valence-electron chi connectivity index (χ2n) is 7.24. The first kappa shape index (κ1) is 18.5. The number of rotatable bonds is 5. The molecular weight excluding hydrogens is 358 g/mol. The average molecular weight is 383 g/mol. The van der Waals surface area contributed by atoms with Gasteiger partial charge < -0.3 is 19.5 Å². The third-order valence-corrected chi connectivity index (χ3v) is 5.27. The van der Waals surface area contributed by atoms with Crippen molar-refractivity contribution in [2.24, 2.45) is 0 Å². The number of amides is 2. The molecule has 8 nitrogen and oxygen atoms in total. The summed E-state index contributed by atoms with van der Waals surface area (Å²) in [6.07, 6.45) is 4.05. The van der Waals surface area contributed by atoms with E-state index in [-0.39, 0.29) is 18.2 Å². The molecule has 0 radical (unpaired) electrons. The number of hydrogen-bond acceptors (Lipinski definition) is 5. The molecule has 2 aromatic rings. The van der Waals surface area contributed by atoms with Crippen molar-refractivity contribution in [1.82, 2.24) is 20.1 Å². The van der Waals surface area contributed by atoms with Gasteiger partial charge >= 0.3 is 0 Å². The quantitative estimate of drug-likeness (QED) is 0.851. The molecular formula is C20H25N5O3. The van der Waals surface area contributed by atoms with E-state index in [1.54, 1.807) is 11.8 Å². The van der Waals surface area contributed by atoms with Crippen LogP contribution in [0.2, 0.25) is 0 Å². The van der Waals surface area contributed by atoms with Crippen molar-refractivity contribution < 1.29 is 14.3 Å². The Kier molecular flexibility index (Phi) is 5.27. The summed E-state index contributed by atoms with van der Waals surface area (Å²) in [6, 6.07) is 7.40. The fourth-order valence-electron chi connectivity index (χ4n) is 3.74. The lowest BCUT2D eigenvalue weighted by Crippen LogP contribution is -2.45. The minimum Gasteiger partial charge on any atom is -0.479 e. The SMILES string of the molecule is C[C@@H]1Oc2ccccc2N(CCC(=O)NCc2nnc3n2CCCCC3)C1=O. The third kappa shape index (κ3) is 3.72. The summed E-state index contributed by atoms with van der Waals surface area (Å²) in [5, 5.41) is 11.4. The topological polar surface area (TPSA) is 89.3 Å². The highest BCUT2D eigenvalue weighted by atomic mass is 16.5.